The van der Waals surface area contributed by atoms with Crippen molar-refractivity contribution in [1.82, 2.24) is 4.98 Å². The van der Waals surface area contributed by atoms with Crippen molar-refractivity contribution >= 4 is 5.57 Å². The van der Waals surface area contributed by atoms with Crippen LogP contribution in [0.4, 0.5) is 4.39 Å². The Morgan fingerprint density at radius 2 is 2.24 bits per heavy atom. The second-order valence-corrected chi connectivity index (χ2v) is 4.49. The van der Waals surface area contributed by atoms with Crippen LogP contribution in [0.25, 0.3) is 5.57 Å². The molecule has 1 saturated carbocycles. The molecule has 2 nitrogen and oxygen atoms in total. The van der Waals surface area contributed by atoms with Gasteiger partial charge < -0.3 is 4.42 Å². The van der Waals surface area contributed by atoms with Crippen molar-refractivity contribution in [1.29, 1.82) is 0 Å². The number of aromatic nitrogens is 1. The number of allylic oxidation sites excluding steroid dienone is 4. The number of oxazole rings is 1. The summed E-state index contributed by atoms with van der Waals surface area (Å²) in [4.78, 5) is 4.41. The molecule has 1 aliphatic rings. The van der Waals surface area contributed by atoms with E-state index in [1.807, 2.05) is 26.8 Å². The van der Waals surface area contributed by atoms with Crippen LogP contribution in [0.5, 0.6) is 0 Å². The first kappa shape index (κ1) is 12.1. The van der Waals surface area contributed by atoms with Gasteiger partial charge in [0.25, 0.3) is 0 Å². The molecule has 0 atom stereocenters. The van der Waals surface area contributed by atoms with Crippen molar-refractivity contribution < 1.29 is 8.81 Å². The Labute approximate surface area is 101 Å². The molecule has 1 aromatic heterocycles. The van der Waals surface area contributed by atoms with Gasteiger partial charge in [0.15, 0.2) is 0 Å². The molecule has 1 heterocycles. The number of rotatable bonds is 4. The van der Waals surface area contributed by atoms with Crippen LogP contribution in [0, 0.1) is 6.92 Å². The summed E-state index contributed by atoms with van der Waals surface area (Å²) >= 11 is 0. The van der Waals surface area contributed by atoms with E-state index in [2.05, 4.69) is 4.98 Å². The Balaban J connectivity index is 2.20. The lowest BCUT2D eigenvalue weighted by molar-refractivity contribution is 0.380. The third-order valence-corrected chi connectivity index (χ3v) is 3.07. The number of alkyl halides is 1. The number of hydrogen-bond acceptors (Lipinski definition) is 2. The summed E-state index contributed by atoms with van der Waals surface area (Å²) < 4.78 is 19.1. The molecule has 0 aromatic carbocycles. The molecule has 0 aliphatic heterocycles. The van der Waals surface area contributed by atoms with Gasteiger partial charge in [-0.15, -0.1) is 0 Å². The van der Waals surface area contributed by atoms with Crippen LogP contribution in [-0.4, -0.2) is 10.7 Å². The highest BCUT2D eigenvalue weighted by Gasteiger charge is 2.40. The Kier molecular flexibility index (Phi) is 3.18. The second kappa shape index (κ2) is 4.47. The van der Waals surface area contributed by atoms with Gasteiger partial charge in [-0.2, -0.15) is 0 Å². The highest BCUT2D eigenvalue weighted by atomic mass is 19.1. The molecule has 1 aromatic rings. The van der Waals surface area contributed by atoms with E-state index in [1.165, 1.54) is 0 Å². The Bertz CT molecular complexity index is 467. The summed E-state index contributed by atoms with van der Waals surface area (Å²) in [6.45, 7) is 5.85. The summed E-state index contributed by atoms with van der Waals surface area (Å²) in [5.74, 6) is 1.43. The lowest BCUT2D eigenvalue weighted by Gasteiger charge is -1.97. The second-order valence-electron chi connectivity index (χ2n) is 4.49. The van der Waals surface area contributed by atoms with E-state index >= 15 is 0 Å². The molecule has 3 heteroatoms. The quantitative estimate of drug-likeness (QED) is 0.737. The van der Waals surface area contributed by atoms with Gasteiger partial charge in [-0.3, -0.25) is 0 Å². The molecule has 0 spiro atoms. The molecule has 1 fully saturated rings. The van der Waals surface area contributed by atoms with Crippen LogP contribution in [-0.2, 0) is 6.42 Å². The first-order valence-electron chi connectivity index (χ1n) is 6.09. The van der Waals surface area contributed by atoms with E-state index in [4.69, 9.17) is 4.42 Å². The van der Waals surface area contributed by atoms with Crippen LogP contribution in [0.1, 0.15) is 44.0 Å². The number of hydrogen-bond donors (Lipinski definition) is 0. The van der Waals surface area contributed by atoms with Gasteiger partial charge in [0, 0.05) is 5.57 Å². The van der Waals surface area contributed by atoms with Crippen molar-refractivity contribution in [3.05, 3.63) is 35.6 Å². The van der Waals surface area contributed by atoms with Gasteiger partial charge in [-0.25, -0.2) is 9.37 Å². The molecule has 0 radical (unpaired) electrons. The molecule has 0 N–H and O–H groups in total. The zero-order valence-electron chi connectivity index (χ0n) is 10.6. The van der Waals surface area contributed by atoms with Crippen LogP contribution < -0.4 is 0 Å². The van der Waals surface area contributed by atoms with Crippen molar-refractivity contribution in [3.8, 4) is 0 Å². The minimum absolute atomic E-state index is 0.586. The largest absolute Gasteiger partial charge is 0.441 e. The summed E-state index contributed by atoms with van der Waals surface area (Å²) in [7, 11) is 0. The molecule has 2 rings (SSSR count). The summed E-state index contributed by atoms with van der Waals surface area (Å²) in [6, 6.07) is 0. The average Bonchev–Trinajstić information content (AvgIpc) is 2.92. The summed E-state index contributed by atoms with van der Waals surface area (Å²) in [6.07, 6.45) is 7.40. The standard InChI is InChI=1S/C14H18FNO/c1-4-11(6-7-14(15)8-9-14)13-16-12(5-2)10(3)17-13/h4,6-7H,5,8-9H2,1-3H3/b7-6-,11-4+. The first-order valence-corrected chi connectivity index (χ1v) is 6.09. The van der Waals surface area contributed by atoms with Gasteiger partial charge in [0.1, 0.15) is 11.4 Å². The van der Waals surface area contributed by atoms with Crippen molar-refractivity contribution in [2.75, 3.05) is 0 Å². The average molecular weight is 235 g/mol. The fraction of sp³-hybridized carbons (Fsp3) is 0.500. The topological polar surface area (TPSA) is 26.0 Å². The molecular weight excluding hydrogens is 217 g/mol. The minimum Gasteiger partial charge on any atom is -0.441 e. The fourth-order valence-corrected chi connectivity index (χ4v) is 1.70. The minimum atomic E-state index is -1.08. The van der Waals surface area contributed by atoms with Gasteiger partial charge in [0.2, 0.25) is 5.89 Å². The monoisotopic (exact) mass is 235 g/mol. The number of halogens is 1. The molecule has 17 heavy (non-hydrogen) atoms. The maximum atomic E-state index is 13.5. The van der Waals surface area contributed by atoms with E-state index in [9.17, 15) is 4.39 Å². The number of nitrogens with zero attached hydrogens (tertiary/aromatic N) is 1. The molecule has 1 aliphatic carbocycles. The van der Waals surface area contributed by atoms with Crippen LogP contribution in [0.2, 0.25) is 0 Å². The number of aryl methyl sites for hydroxylation is 2. The van der Waals surface area contributed by atoms with E-state index in [-0.39, 0.29) is 0 Å². The van der Waals surface area contributed by atoms with Crippen molar-refractivity contribution in [2.24, 2.45) is 0 Å². The lowest BCUT2D eigenvalue weighted by Crippen LogP contribution is -1.91. The summed E-state index contributed by atoms with van der Waals surface area (Å²) in [5.41, 5.74) is 0.731. The Morgan fingerprint density at radius 3 is 2.71 bits per heavy atom. The lowest BCUT2D eigenvalue weighted by atomic mass is 10.2. The molecule has 0 unspecified atom stereocenters. The highest BCUT2D eigenvalue weighted by Crippen LogP contribution is 2.41. The molecule has 0 saturated heterocycles. The van der Waals surface area contributed by atoms with E-state index in [1.54, 1.807) is 12.2 Å². The molecule has 92 valence electrons. The smallest absolute Gasteiger partial charge is 0.226 e. The van der Waals surface area contributed by atoms with E-state index in [0.717, 1.165) is 23.4 Å². The van der Waals surface area contributed by atoms with Crippen LogP contribution >= 0.6 is 0 Å². The molecule has 0 bridgehead atoms. The SMILES string of the molecule is C/C=C(\C=C/C1(F)CC1)c1nc(CC)c(C)o1. The third kappa shape index (κ3) is 2.65. The molecular formula is C14H18FNO. The van der Waals surface area contributed by atoms with Crippen molar-refractivity contribution in [2.45, 2.75) is 45.7 Å². The van der Waals surface area contributed by atoms with Gasteiger partial charge in [-0.05, 0) is 39.2 Å². The van der Waals surface area contributed by atoms with Crippen molar-refractivity contribution in [3.63, 3.8) is 0 Å². The molecule has 0 amide bonds. The Hall–Kier alpha value is -1.38. The maximum Gasteiger partial charge on any atom is 0.226 e. The van der Waals surface area contributed by atoms with Gasteiger partial charge in [0.05, 0.1) is 5.69 Å². The Morgan fingerprint density at radius 1 is 1.53 bits per heavy atom. The predicted molar refractivity (Wildman–Crippen MR) is 66.5 cm³/mol. The third-order valence-electron chi connectivity index (χ3n) is 3.07. The van der Waals surface area contributed by atoms with E-state index in [0.29, 0.717) is 18.7 Å². The fourth-order valence-electron chi connectivity index (χ4n) is 1.70. The predicted octanol–water partition coefficient (Wildman–Crippen LogP) is 4.01. The van der Waals surface area contributed by atoms with Crippen LogP contribution in [0.3, 0.4) is 0 Å². The van der Waals surface area contributed by atoms with Gasteiger partial charge in [-0.1, -0.05) is 19.1 Å². The zero-order chi connectivity index (χ0) is 12.5. The summed E-state index contributed by atoms with van der Waals surface area (Å²) in [5, 5.41) is 0. The first-order chi connectivity index (χ1) is 8.08. The normalized spacial score (nSPS) is 18.9. The zero-order valence-corrected chi connectivity index (χ0v) is 10.6. The maximum absolute atomic E-state index is 13.5. The van der Waals surface area contributed by atoms with Gasteiger partial charge >= 0.3 is 0 Å². The van der Waals surface area contributed by atoms with E-state index < -0.39 is 5.67 Å². The van der Waals surface area contributed by atoms with Crippen LogP contribution in [0.15, 0.2) is 22.6 Å². The highest BCUT2D eigenvalue weighted by molar-refractivity contribution is 5.68.